The van der Waals surface area contributed by atoms with Gasteiger partial charge in [0.2, 0.25) is 5.91 Å². The van der Waals surface area contributed by atoms with Crippen LogP contribution in [0.3, 0.4) is 0 Å². The predicted molar refractivity (Wildman–Crippen MR) is 120 cm³/mol. The molecule has 1 saturated heterocycles. The van der Waals surface area contributed by atoms with Crippen LogP contribution in [0.5, 0.6) is 0 Å². The highest BCUT2D eigenvalue weighted by atomic mass is 32.2. The topological polar surface area (TPSA) is 154 Å². The van der Waals surface area contributed by atoms with Crippen LogP contribution in [0.15, 0.2) is 47.8 Å². The summed E-state index contributed by atoms with van der Waals surface area (Å²) in [7, 11) is 0. The van der Waals surface area contributed by atoms with Crippen LogP contribution in [0.2, 0.25) is 0 Å². The second-order valence-electron chi connectivity index (χ2n) is 7.31. The smallest absolute Gasteiger partial charge is 0.352 e. The van der Waals surface area contributed by atoms with Gasteiger partial charge < -0.3 is 16.2 Å². The molecule has 2 aliphatic heterocycles. The Bertz CT molecular complexity index is 1030. The first-order valence-electron chi connectivity index (χ1n) is 9.90. The maximum Gasteiger partial charge on any atom is 0.352 e. The van der Waals surface area contributed by atoms with Gasteiger partial charge in [0.15, 0.2) is 0 Å². The molecule has 2 aliphatic rings. The number of thioether (sulfide) groups is 2. The number of carboxylic acid groups (broad SMARTS) is 1. The Morgan fingerprint density at radius 2 is 2.16 bits per heavy atom. The van der Waals surface area contributed by atoms with Crippen molar-refractivity contribution >= 4 is 41.3 Å². The number of carbonyl (C=O) groups excluding carboxylic acids is 2. The number of aromatic amines is 1. The Balaban J connectivity index is 1.38. The van der Waals surface area contributed by atoms with Gasteiger partial charge in [-0.2, -0.15) is 27.2 Å². The summed E-state index contributed by atoms with van der Waals surface area (Å²) in [5, 5.41) is 22.3. The highest BCUT2D eigenvalue weighted by Crippen LogP contribution is 2.41. The number of nitrogens with zero attached hydrogens (tertiary/aromatic N) is 3. The van der Waals surface area contributed by atoms with Gasteiger partial charge >= 0.3 is 5.97 Å². The van der Waals surface area contributed by atoms with E-state index < -0.39 is 35.2 Å². The predicted octanol–water partition coefficient (Wildman–Crippen LogP) is 0.519. The number of fused-ring (bicyclic) bond motifs is 1. The molecule has 1 aromatic heterocycles. The van der Waals surface area contributed by atoms with E-state index in [1.807, 2.05) is 6.07 Å². The van der Waals surface area contributed by atoms with Crippen LogP contribution in [0.4, 0.5) is 0 Å². The van der Waals surface area contributed by atoms with Crippen LogP contribution in [0.25, 0.3) is 0 Å². The lowest BCUT2D eigenvalue weighted by molar-refractivity contribution is -0.150. The Hall–Kier alpha value is -2.83. The maximum absolute atomic E-state index is 12.8. The average Bonchev–Trinajstić information content (AvgIpc) is 3.33. The van der Waals surface area contributed by atoms with Crippen molar-refractivity contribution in [1.82, 2.24) is 25.6 Å². The van der Waals surface area contributed by atoms with Crippen LogP contribution in [-0.2, 0) is 20.8 Å². The van der Waals surface area contributed by atoms with Crippen molar-refractivity contribution < 1.29 is 19.5 Å². The zero-order valence-corrected chi connectivity index (χ0v) is 18.6. The molecule has 0 bridgehead atoms. The number of aromatic nitrogens is 3. The number of carboxylic acids is 1. The van der Waals surface area contributed by atoms with Gasteiger partial charge in [0.1, 0.15) is 23.2 Å². The van der Waals surface area contributed by atoms with E-state index in [-0.39, 0.29) is 5.70 Å². The summed E-state index contributed by atoms with van der Waals surface area (Å²) in [5.41, 5.74) is 8.22. The maximum atomic E-state index is 12.8. The lowest BCUT2D eigenvalue weighted by atomic mass is 10.0. The molecular weight excluding hydrogens is 452 g/mol. The molecular formula is C20H22N6O4S2. The van der Waals surface area contributed by atoms with E-state index >= 15 is 0 Å². The van der Waals surface area contributed by atoms with Crippen molar-refractivity contribution in [2.24, 2.45) is 5.73 Å². The van der Waals surface area contributed by atoms with Crippen LogP contribution >= 0.6 is 23.5 Å². The summed E-state index contributed by atoms with van der Waals surface area (Å²) in [6, 6.07) is 7.18. The van der Waals surface area contributed by atoms with Gasteiger partial charge in [0.25, 0.3) is 5.91 Å². The fourth-order valence-corrected chi connectivity index (χ4v) is 6.03. The molecule has 2 amide bonds. The fourth-order valence-electron chi connectivity index (χ4n) is 3.57. The molecule has 3 heterocycles. The number of aliphatic carboxylic acids is 1. The minimum absolute atomic E-state index is 0.0190. The molecule has 2 aromatic rings. The average molecular weight is 475 g/mol. The number of nitrogens with one attached hydrogen (secondary N) is 2. The summed E-state index contributed by atoms with van der Waals surface area (Å²) < 4.78 is 0. The number of hydrogen-bond acceptors (Lipinski definition) is 8. The largest absolute Gasteiger partial charge is 0.477 e. The molecule has 0 saturated carbocycles. The summed E-state index contributed by atoms with van der Waals surface area (Å²) in [6.07, 6.45) is 2.37. The van der Waals surface area contributed by atoms with Gasteiger partial charge in [-0.1, -0.05) is 30.3 Å². The van der Waals surface area contributed by atoms with Gasteiger partial charge in [-0.05, 0) is 16.9 Å². The van der Waals surface area contributed by atoms with Gasteiger partial charge in [0, 0.05) is 17.9 Å². The van der Waals surface area contributed by atoms with Crippen molar-refractivity contribution in [2.75, 3.05) is 17.3 Å². The number of nitrogens with two attached hydrogens (primary N) is 1. The van der Waals surface area contributed by atoms with Crippen LogP contribution < -0.4 is 11.1 Å². The third-order valence-corrected chi connectivity index (χ3v) is 7.62. The lowest BCUT2D eigenvalue weighted by Gasteiger charge is -2.49. The SMILES string of the molecule is N[C@@H](C(=O)N[C@@H]1C(=O)N2C(C(=O)O)=C(CSCCc3cn[nH]n3)CS[C@H]12)c1ccccc1. The number of H-pyrrole nitrogens is 1. The third kappa shape index (κ3) is 4.52. The summed E-state index contributed by atoms with van der Waals surface area (Å²) in [5.74, 6) is -0.311. The van der Waals surface area contributed by atoms with E-state index in [2.05, 4.69) is 20.7 Å². The summed E-state index contributed by atoms with van der Waals surface area (Å²) in [4.78, 5) is 38.6. The van der Waals surface area contributed by atoms with Crippen molar-refractivity contribution in [1.29, 1.82) is 0 Å². The number of carbonyl (C=O) groups is 3. The molecule has 12 heteroatoms. The number of amides is 2. The molecule has 0 radical (unpaired) electrons. The van der Waals surface area contributed by atoms with Crippen molar-refractivity contribution in [3.05, 3.63) is 59.1 Å². The van der Waals surface area contributed by atoms with Crippen LogP contribution in [0, 0.1) is 0 Å². The second-order valence-corrected chi connectivity index (χ2v) is 9.52. The highest BCUT2D eigenvalue weighted by molar-refractivity contribution is 8.01. The van der Waals surface area contributed by atoms with E-state index in [0.717, 1.165) is 11.4 Å². The molecule has 0 spiro atoms. The quantitative estimate of drug-likeness (QED) is 0.301. The Kier molecular flexibility index (Phi) is 6.82. The molecule has 0 aliphatic carbocycles. The molecule has 32 heavy (non-hydrogen) atoms. The number of rotatable bonds is 9. The molecule has 4 rings (SSSR count). The van der Waals surface area contributed by atoms with Crippen molar-refractivity contribution in [3.63, 3.8) is 0 Å². The number of benzene rings is 1. The normalized spacial score (nSPS) is 21.0. The summed E-state index contributed by atoms with van der Waals surface area (Å²) >= 11 is 3.03. The molecule has 1 aromatic carbocycles. The molecule has 0 unspecified atom stereocenters. The second kappa shape index (κ2) is 9.76. The van der Waals surface area contributed by atoms with Crippen molar-refractivity contribution in [2.45, 2.75) is 23.9 Å². The molecule has 1 fully saturated rings. The Morgan fingerprint density at radius 3 is 2.84 bits per heavy atom. The number of hydrogen-bond donors (Lipinski definition) is 4. The number of aryl methyl sites for hydroxylation is 1. The molecule has 168 valence electrons. The molecule has 10 nitrogen and oxygen atoms in total. The van der Waals surface area contributed by atoms with E-state index in [1.54, 1.807) is 42.2 Å². The minimum Gasteiger partial charge on any atom is -0.477 e. The van der Waals surface area contributed by atoms with Crippen LogP contribution in [0.1, 0.15) is 17.3 Å². The van der Waals surface area contributed by atoms with Crippen LogP contribution in [-0.4, -0.2) is 71.9 Å². The Labute approximate surface area is 192 Å². The van der Waals surface area contributed by atoms with Gasteiger partial charge in [0.05, 0.1) is 11.9 Å². The number of β-lactam (4-membered cyclic amide) rings is 1. The van der Waals surface area contributed by atoms with E-state index in [4.69, 9.17) is 5.73 Å². The first kappa shape index (κ1) is 22.4. The zero-order valence-electron chi connectivity index (χ0n) is 16.9. The monoisotopic (exact) mass is 474 g/mol. The standard InChI is InChI=1S/C20H22N6O4S2/c21-14(11-4-2-1-3-5-11)17(27)23-15-18(28)26-16(20(29)30)12(10-32-19(15)26)9-31-7-6-13-8-22-25-24-13/h1-5,8,14-15,19H,6-7,9-10,21H2,(H,23,27)(H,29,30)(H,22,24,25)/t14-,15-,19-/m1/s1. The van der Waals surface area contributed by atoms with Gasteiger partial charge in [-0.3, -0.25) is 14.5 Å². The first-order valence-corrected chi connectivity index (χ1v) is 12.1. The highest BCUT2D eigenvalue weighted by Gasteiger charge is 2.54. The van der Waals surface area contributed by atoms with E-state index in [9.17, 15) is 19.5 Å². The fraction of sp³-hybridized carbons (Fsp3) is 0.350. The molecule has 5 N–H and O–H groups in total. The summed E-state index contributed by atoms with van der Waals surface area (Å²) in [6.45, 7) is 0. The van der Waals surface area contributed by atoms with Crippen molar-refractivity contribution in [3.8, 4) is 0 Å². The molecule has 3 atom stereocenters. The third-order valence-electron chi connectivity index (χ3n) is 5.23. The van der Waals surface area contributed by atoms with Gasteiger partial charge in [-0.15, -0.1) is 11.8 Å². The Morgan fingerprint density at radius 1 is 1.38 bits per heavy atom. The van der Waals surface area contributed by atoms with Gasteiger partial charge in [-0.25, -0.2) is 4.79 Å². The lowest BCUT2D eigenvalue weighted by Crippen LogP contribution is -2.71. The minimum atomic E-state index is -1.14. The first-order chi connectivity index (χ1) is 15.5. The zero-order chi connectivity index (χ0) is 22.7. The van der Waals surface area contributed by atoms with E-state index in [1.165, 1.54) is 16.7 Å². The van der Waals surface area contributed by atoms with E-state index in [0.29, 0.717) is 29.1 Å².